The molecular formula is C28H37ClO4. The number of esters is 2. The highest BCUT2D eigenvalue weighted by molar-refractivity contribution is 6.30. The molecule has 2 aromatic rings. The summed E-state index contributed by atoms with van der Waals surface area (Å²) in [6, 6.07) is 11.6. The van der Waals surface area contributed by atoms with Crippen molar-refractivity contribution in [3.05, 3.63) is 64.2 Å². The summed E-state index contributed by atoms with van der Waals surface area (Å²) in [5.41, 5.74) is 1.15. The normalized spacial score (nSPS) is 10.8. The van der Waals surface area contributed by atoms with Crippen molar-refractivity contribution in [3.8, 4) is 5.75 Å². The van der Waals surface area contributed by atoms with E-state index in [9.17, 15) is 9.59 Å². The molecule has 0 aromatic heterocycles. The lowest BCUT2D eigenvalue weighted by molar-refractivity contribution is 0.0489. The van der Waals surface area contributed by atoms with Crippen LogP contribution in [0.15, 0.2) is 42.5 Å². The van der Waals surface area contributed by atoms with Gasteiger partial charge in [-0.05, 0) is 49.2 Å². The van der Waals surface area contributed by atoms with Crippen LogP contribution in [0.2, 0.25) is 5.02 Å². The average Bonchev–Trinajstić information content (AvgIpc) is 2.81. The third kappa shape index (κ3) is 10.00. The summed E-state index contributed by atoms with van der Waals surface area (Å²) in [6.45, 7) is 4.41. The molecule has 0 radical (unpaired) electrons. The van der Waals surface area contributed by atoms with Crippen LogP contribution in [0.3, 0.4) is 0 Å². The quantitative estimate of drug-likeness (QED) is 0.148. The summed E-state index contributed by atoms with van der Waals surface area (Å²) in [7, 11) is 0. The van der Waals surface area contributed by atoms with Gasteiger partial charge in [-0.1, -0.05) is 94.9 Å². The predicted molar refractivity (Wildman–Crippen MR) is 134 cm³/mol. The third-order valence-corrected chi connectivity index (χ3v) is 5.92. The number of carbonyl (C=O) groups excluding carboxylic acids is 2. The molecule has 0 N–H and O–H groups in total. The zero-order chi connectivity index (χ0) is 23.9. The van der Waals surface area contributed by atoms with Gasteiger partial charge < -0.3 is 9.47 Å². The molecule has 33 heavy (non-hydrogen) atoms. The number of benzene rings is 2. The monoisotopic (exact) mass is 472 g/mol. The van der Waals surface area contributed by atoms with Crippen LogP contribution in [0.5, 0.6) is 5.75 Å². The summed E-state index contributed by atoms with van der Waals surface area (Å²) in [4.78, 5) is 25.3. The van der Waals surface area contributed by atoms with Gasteiger partial charge in [0.15, 0.2) is 0 Å². The van der Waals surface area contributed by atoms with Crippen molar-refractivity contribution in [1.29, 1.82) is 0 Å². The molecule has 0 aliphatic carbocycles. The maximum atomic E-state index is 12.7. The topological polar surface area (TPSA) is 52.6 Å². The molecule has 0 aliphatic rings. The van der Waals surface area contributed by atoms with Crippen LogP contribution in [0.25, 0.3) is 0 Å². The first kappa shape index (κ1) is 26.9. The fraction of sp³-hybridized carbons (Fsp3) is 0.500. The number of unbranched alkanes of at least 4 members (excludes halogenated alkanes) is 10. The Labute approximate surface area is 203 Å². The molecule has 0 saturated heterocycles. The SMILES string of the molecule is CCCCCCCCCCCCCOC(=O)c1ccccc1C(=O)Oc1ccc(Cl)cc1C. The second kappa shape index (κ2) is 15.5. The molecule has 180 valence electrons. The summed E-state index contributed by atoms with van der Waals surface area (Å²) >= 11 is 5.96. The second-order valence-electron chi connectivity index (χ2n) is 8.52. The second-order valence-corrected chi connectivity index (χ2v) is 8.95. The number of aryl methyl sites for hydroxylation is 1. The summed E-state index contributed by atoms with van der Waals surface area (Å²) < 4.78 is 10.9. The van der Waals surface area contributed by atoms with Crippen LogP contribution >= 0.6 is 11.6 Å². The lowest BCUT2D eigenvalue weighted by atomic mass is 10.1. The molecule has 2 rings (SSSR count). The van der Waals surface area contributed by atoms with Crippen LogP contribution < -0.4 is 4.74 Å². The molecule has 5 heteroatoms. The number of carbonyl (C=O) groups is 2. The van der Waals surface area contributed by atoms with Gasteiger partial charge in [0.2, 0.25) is 0 Å². The van der Waals surface area contributed by atoms with E-state index in [1.807, 2.05) is 6.92 Å². The highest BCUT2D eigenvalue weighted by Gasteiger charge is 2.20. The Kier molecular flexibility index (Phi) is 12.6. The molecule has 0 atom stereocenters. The number of halogens is 1. The molecular weight excluding hydrogens is 436 g/mol. The smallest absolute Gasteiger partial charge is 0.344 e. The van der Waals surface area contributed by atoms with Crippen molar-refractivity contribution in [2.45, 2.75) is 84.5 Å². The van der Waals surface area contributed by atoms with Crippen LogP contribution in [0, 0.1) is 6.92 Å². The molecule has 4 nitrogen and oxygen atoms in total. The number of hydrogen-bond acceptors (Lipinski definition) is 4. The third-order valence-electron chi connectivity index (χ3n) is 5.69. The van der Waals surface area contributed by atoms with E-state index in [1.54, 1.807) is 42.5 Å². The van der Waals surface area contributed by atoms with Crippen LogP contribution in [-0.2, 0) is 4.74 Å². The predicted octanol–water partition coefficient (Wildman–Crippen LogP) is 8.34. The van der Waals surface area contributed by atoms with Crippen molar-refractivity contribution < 1.29 is 19.1 Å². The molecule has 0 unspecified atom stereocenters. The molecule has 0 saturated carbocycles. The molecule has 0 fully saturated rings. The largest absolute Gasteiger partial charge is 0.462 e. The van der Waals surface area contributed by atoms with Gasteiger partial charge in [0.25, 0.3) is 0 Å². The maximum Gasteiger partial charge on any atom is 0.344 e. The van der Waals surface area contributed by atoms with Crippen molar-refractivity contribution in [1.82, 2.24) is 0 Å². The van der Waals surface area contributed by atoms with Gasteiger partial charge in [-0.2, -0.15) is 0 Å². The lowest BCUT2D eigenvalue weighted by Crippen LogP contribution is -2.16. The Morgan fingerprint density at radius 1 is 0.758 bits per heavy atom. The fourth-order valence-electron chi connectivity index (χ4n) is 3.73. The zero-order valence-electron chi connectivity index (χ0n) is 20.0. The van der Waals surface area contributed by atoms with Crippen LogP contribution in [0.4, 0.5) is 0 Å². The number of rotatable bonds is 15. The Morgan fingerprint density at radius 2 is 1.30 bits per heavy atom. The fourth-order valence-corrected chi connectivity index (χ4v) is 3.96. The minimum absolute atomic E-state index is 0.191. The highest BCUT2D eigenvalue weighted by Crippen LogP contribution is 2.23. The van der Waals surface area contributed by atoms with Crippen LogP contribution in [-0.4, -0.2) is 18.5 Å². The van der Waals surface area contributed by atoms with Crippen molar-refractivity contribution in [3.63, 3.8) is 0 Å². The van der Waals surface area contributed by atoms with Crippen molar-refractivity contribution >= 4 is 23.5 Å². The standard InChI is InChI=1S/C28H37ClO4/c1-3-4-5-6-7-8-9-10-11-12-15-20-32-27(30)24-16-13-14-17-25(24)28(31)33-26-19-18-23(29)21-22(26)2/h13-14,16-19,21H,3-12,15,20H2,1-2H3. The maximum absolute atomic E-state index is 12.7. The van der Waals surface area contributed by atoms with Gasteiger partial charge >= 0.3 is 11.9 Å². The Bertz CT molecular complexity index is 878. The van der Waals surface area contributed by atoms with E-state index in [-0.39, 0.29) is 11.1 Å². The van der Waals surface area contributed by atoms with E-state index < -0.39 is 11.9 Å². The zero-order valence-corrected chi connectivity index (χ0v) is 20.8. The molecule has 0 spiro atoms. The molecule has 0 heterocycles. The molecule has 0 bridgehead atoms. The highest BCUT2D eigenvalue weighted by atomic mass is 35.5. The van der Waals surface area contributed by atoms with Gasteiger partial charge in [0.05, 0.1) is 17.7 Å². The van der Waals surface area contributed by atoms with Gasteiger partial charge in [0.1, 0.15) is 5.75 Å². The van der Waals surface area contributed by atoms with Crippen molar-refractivity contribution in [2.24, 2.45) is 0 Å². The number of ether oxygens (including phenoxy) is 2. The Hall–Kier alpha value is -2.33. The van der Waals surface area contributed by atoms with Crippen LogP contribution in [0.1, 0.15) is 104 Å². The van der Waals surface area contributed by atoms with Gasteiger partial charge in [-0.3, -0.25) is 0 Å². The van der Waals surface area contributed by atoms with E-state index >= 15 is 0 Å². The van der Waals surface area contributed by atoms with Crippen molar-refractivity contribution in [2.75, 3.05) is 6.61 Å². The summed E-state index contributed by atoms with van der Waals surface area (Å²) in [5, 5.41) is 0.568. The lowest BCUT2D eigenvalue weighted by Gasteiger charge is -2.11. The molecule has 0 amide bonds. The Morgan fingerprint density at radius 3 is 1.88 bits per heavy atom. The summed E-state index contributed by atoms with van der Waals surface area (Å²) in [5.74, 6) is -0.682. The van der Waals surface area contributed by atoms with E-state index in [2.05, 4.69) is 6.92 Å². The first-order valence-electron chi connectivity index (χ1n) is 12.3. The first-order valence-corrected chi connectivity index (χ1v) is 12.6. The van der Waals surface area contributed by atoms with Gasteiger partial charge in [-0.25, -0.2) is 9.59 Å². The molecule has 2 aromatic carbocycles. The minimum Gasteiger partial charge on any atom is -0.462 e. The number of hydrogen-bond donors (Lipinski definition) is 0. The summed E-state index contributed by atoms with van der Waals surface area (Å²) in [6.07, 6.45) is 13.6. The van der Waals surface area contributed by atoms with Gasteiger partial charge in [0, 0.05) is 5.02 Å². The van der Waals surface area contributed by atoms with E-state index in [4.69, 9.17) is 21.1 Å². The van der Waals surface area contributed by atoms with E-state index in [0.717, 1.165) is 24.8 Å². The molecule has 0 aliphatic heterocycles. The minimum atomic E-state index is -0.595. The average molecular weight is 473 g/mol. The first-order chi connectivity index (χ1) is 16.0. The Balaban J connectivity index is 1.71. The van der Waals surface area contributed by atoms with E-state index in [1.165, 1.54) is 51.4 Å². The van der Waals surface area contributed by atoms with E-state index in [0.29, 0.717) is 17.4 Å². The van der Waals surface area contributed by atoms with Gasteiger partial charge in [-0.15, -0.1) is 0 Å².